The Labute approximate surface area is 185 Å². The van der Waals surface area contributed by atoms with E-state index >= 15 is 0 Å². The Balaban J connectivity index is 1.63. The van der Waals surface area contributed by atoms with E-state index in [-0.39, 0.29) is 6.10 Å². The fourth-order valence-electron chi connectivity index (χ4n) is 3.41. The largest absolute Gasteiger partial charge is 0.490 e. The maximum absolute atomic E-state index is 11.9. The van der Waals surface area contributed by atoms with Gasteiger partial charge in [0.15, 0.2) is 0 Å². The van der Waals surface area contributed by atoms with Crippen LogP contribution >= 0.6 is 0 Å². The zero-order valence-electron chi connectivity index (χ0n) is 18.0. The molecule has 2 N–H and O–H groups in total. The number of nitrogens with zero attached hydrogens (tertiary/aromatic N) is 3. The van der Waals surface area contributed by atoms with Gasteiger partial charge < -0.3 is 19.7 Å². The van der Waals surface area contributed by atoms with Crippen LogP contribution in [0, 0.1) is 11.3 Å². The molecule has 0 saturated heterocycles. The van der Waals surface area contributed by atoms with Crippen LogP contribution in [0.5, 0.6) is 5.75 Å². The van der Waals surface area contributed by atoms with Crippen molar-refractivity contribution in [2.75, 3.05) is 0 Å². The van der Waals surface area contributed by atoms with E-state index in [9.17, 15) is 10.1 Å². The number of carbonyl (C=O) groups is 1. The number of esters is 1. The predicted molar refractivity (Wildman–Crippen MR) is 117 cm³/mol. The molecule has 0 saturated carbocycles. The van der Waals surface area contributed by atoms with E-state index in [2.05, 4.69) is 16.2 Å². The molecule has 0 radical (unpaired) electrons. The first kappa shape index (κ1) is 21.3. The minimum absolute atomic E-state index is 0.0472. The average Bonchev–Trinajstić information content (AvgIpc) is 3.41. The highest BCUT2D eigenvalue weighted by Gasteiger charge is 2.24. The molecule has 162 valence electrons. The minimum Gasteiger partial charge on any atom is -0.490 e. The van der Waals surface area contributed by atoms with Gasteiger partial charge in [0, 0.05) is 16.7 Å². The normalized spacial score (nSPS) is 13.3. The molecule has 0 fully saturated rings. The second-order valence-corrected chi connectivity index (χ2v) is 7.73. The molecule has 1 aliphatic carbocycles. The molecule has 1 heterocycles. The van der Waals surface area contributed by atoms with Gasteiger partial charge in [-0.15, -0.1) is 0 Å². The summed E-state index contributed by atoms with van der Waals surface area (Å²) in [6.45, 7) is 5.38. The van der Waals surface area contributed by atoms with Gasteiger partial charge in [-0.2, -0.15) is 10.2 Å². The van der Waals surface area contributed by atoms with E-state index in [0.717, 1.165) is 16.7 Å². The fraction of sp³-hybridized carbons (Fsp3) is 0.250. The summed E-state index contributed by atoms with van der Waals surface area (Å²) < 4.78 is 16.6. The van der Waals surface area contributed by atoms with Gasteiger partial charge in [0.25, 0.3) is 5.89 Å². The topological polar surface area (TPSA) is 124 Å². The molecule has 1 aliphatic rings. The summed E-state index contributed by atoms with van der Waals surface area (Å²) in [6.07, 6.45) is 2.35. The molecular weight excluding hydrogens is 408 g/mol. The number of ether oxygens (including phenoxy) is 2. The van der Waals surface area contributed by atoms with Gasteiger partial charge >= 0.3 is 5.97 Å². The van der Waals surface area contributed by atoms with E-state index in [1.165, 1.54) is 0 Å². The molecule has 32 heavy (non-hydrogen) atoms. The lowest BCUT2D eigenvalue weighted by molar-refractivity contribution is -0.137. The third-order valence-electron chi connectivity index (χ3n) is 4.89. The average molecular weight is 430 g/mol. The number of hydrogen-bond donors (Lipinski definition) is 1. The van der Waals surface area contributed by atoms with Gasteiger partial charge in [-0.05, 0) is 57.0 Å². The summed E-state index contributed by atoms with van der Waals surface area (Å²) in [4.78, 5) is 16.4. The monoisotopic (exact) mass is 430 g/mol. The molecule has 8 nitrogen and oxygen atoms in total. The Morgan fingerprint density at radius 2 is 2.00 bits per heavy atom. The van der Waals surface area contributed by atoms with Crippen LogP contribution in [-0.4, -0.2) is 28.3 Å². The number of nitriles is 1. The summed E-state index contributed by atoms with van der Waals surface area (Å²) in [5, 5.41) is 13.6. The Bertz CT molecular complexity index is 1250. The van der Waals surface area contributed by atoms with Crippen LogP contribution in [0.25, 0.3) is 28.6 Å². The second-order valence-electron chi connectivity index (χ2n) is 7.73. The summed E-state index contributed by atoms with van der Waals surface area (Å²) in [5.41, 5.74) is 9.12. The molecule has 0 bridgehead atoms. The molecule has 1 unspecified atom stereocenters. The van der Waals surface area contributed by atoms with Crippen molar-refractivity contribution in [3.05, 3.63) is 59.2 Å². The smallest absolute Gasteiger partial charge is 0.328 e. The van der Waals surface area contributed by atoms with E-state index in [1.807, 2.05) is 38.1 Å². The Hall–Kier alpha value is -3.96. The number of allylic oxidation sites excluding steroid dienone is 1. The zero-order valence-corrected chi connectivity index (χ0v) is 18.0. The van der Waals surface area contributed by atoms with Crippen molar-refractivity contribution in [1.29, 1.82) is 5.26 Å². The van der Waals surface area contributed by atoms with Crippen molar-refractivity contribution in [2.24, 2.45) is 5.73 Å². The third kappa shape index (κ3) is 4.11. The second kappa shape index (κ2) is 8.65. The highest BCUT2D eigenvalue weighted by Crippen LogP contribution is 2.36. The van der Waals surface area contributed by atoms with E-state index in [4.69, 9.17) is 19.7 Å². The number of fused-ring (bicyclic) bond motifs is 1. The number of benzene rings is 2. The lowest BCUT2D eigenvalue weighted by Gasteiger charge is -2.11. The van der Waals surface area contributed by atoms with Crippen LogP contribution in [0.3, 0.4) is 0 Å². The lowest BCUT2D eigenvalue weighted by atomic mass is 10.0. The van der Waals surface area contributed by atoms with Gasteiger partial charge in [0.05, 0.1) is 11.7 Å². The summed E-state index contributed by atoms with van der Waals surface area (Å²) in [7, 11) is 0. The molecule has 3 aromatic rings. The standard InChI is InChI=1S/C24H22N4O4/c1-13(2)30-20-9-7-15(11-16(20)12-25)23-27-22(28-32-23)19-6-4-5-18-17(19)8-10-21(18)31-24(29)14(3)26/h4-7,9-11,13-14H,8,26H2,1-3H3. The summed E-state index contributed by atoms with van der Waals surface area (Å²) in [5.74, 6) is 1.19. The lowest BCUT2D eigenvalue weighted by Crippen LogP contribution is -2.28. The first-order valence-electron chi connectivity index (χ1n) is 10.2. The van der Waals surface area contributed by atoms with Crippen LogP contribution in [0.4, 0.5) is 0 Å². The van der Waals surface area contributed by atoms with E-state index in [1.54, 1.807) is 25.1 Å². The zero-order chi connectivity index (χ0) is 22.8. The van der Waals surface area contributed by atoms with Crippen molar-refractivity contribution < 1.29 is 18.8 Å². The van der Waals surface area contributed by atoms with Crippen LogP contribution in [-0.2, 0) is 16.0 Å². The number of carbonyl (C=O) groups excluding carboxylic acids is 1. The number of nitrogens with two attached hydrogens (primary N) is 1. The van der Waals surface area contributed by atoms with Gasteiger partial charge in [0.1, 0.15) is 23.6 Å². The minimum atomic E-state index is -0.710. The molecule has 8 heteroatoms. The molecule has 1 atom stereocenters. The van der Waals surface area contributed by atoms with Gasteiger partial charge in [0.2, 0.25) is 5.82 Å². The Kier molecular flexibility index (Phi) is 5.75. The molecule has 4 rings (SSSR count). The number of aromatic nitrogens is 2. The predicted octanol–water partition coefficient (Wildman–Crippen LogP) is 3.85. The summed E-state index contributed by atoms with van der Waals surface area (Å²) in [6, 6.07) is 12.2. The van der Waals surface area contributed by atoms with Crippen molar-refractivity contribution in [3.8, 4) is 34.7 Å². The van der Waals surface area contributed by atoms with E-state index < -0.39 is 12.0 Å². The van der Waals surface area contributed by atoms with Crippen molar-refractivity contribution in [2.45, 2.75) is 39.3 Å². The van der Waals surface area contributed by atoms with Crippen LogP contribution < -0.4 is 10.5 Å². The highest BCUT2D eigenvalue weighted by atomic mass is 16.5. The molecular formula is C24H22N4O4. The Morgan fingerprint density at radius 3 is 2.72 bits per heavy atom. The third-order valence-corrected chi connectivity index (χ3v) is 4.89. The van der Waals surface area contributed by atoms with E-state index in [0.29, 0.717) is 40.8 Å². The number of rotatable bonds is 6. The molecule has 0 amide bonds. The number of hydrogen-bond acceptors (Lipinski definition) is 8. The molecule has 1 aromatic heterocycles. The molecule has 0 aliphatic heterocycles. The Morgan fingerprint density at radius 1 is 1.22 bits per heavy atom. The highest BCUT2D eigenvalue weighted by molar-refractivity contribution is 5.85. The maximum Gasteiger partial charge on any atom is 0.328 e. The van der Waals surface area contributed by atoms with Crippen LogP contribution in [0.2, 0.25) is 0 Å². The quantitative estimate of drug-likeness (QED) is 0.585. The first-order valence-corrected chi connectivity index (χ1v) is 10.2. The van der Waals surface area contributed by atoms with Crippen molar-refractivity contribution >= 4 is 11.7 Å². The van der Waals surface area contributed by atoms with Crippen molar-refractivity contribution in [1.82, 2.24) is 10.1 Å². The van der Waals surface area contributed by atoms with Gasteiger partial charge in [-0.3, -0.25) is 0 Å². The fourth-order valence-corrected chi connectivity index (χ4v) is 3.41. The van der Waals surface area contributed by atoms with Gasteiger partial charge in [-0.25, -0.2) is 4.79 Å². The summed E-state index contributed by atoms with van der Waals surface area (Å²) >= 11 is 0. The van der Waals surface area contributed by atoms with Crippen LogP contribution in [0.15, 0.2) is 47.0 Å². The SMILES string of the molecule is CC(C)Oc1ccc(-c2nc(-c3cccc4c3CC=C4OC(=O)C(C)N)no2)cc1C#N. The maximum atomic E-state index is 11.9. The van der Waals surface area contributed by atoms with Crippen LogP contribution in [0.1, 0.15) is 37.5 Å². The van der Waals surface area contributed by atoms with Gasteiger partial charge in [-0.1, -0.05) is 23.4 Å². The molecule has 2 aromatic carbocycles. The van der Waals surface area contributed by atoms with Crippen molar-refractivity contribution in [3.63, 3.8) is 0 Å². The first-order chi connectivity index (χ1) is 15.4. The molecule has 0 spiro atoms.